The van der Waals surface area contributed by atoms with E-state index in [-0.39, 0.29) is 0 Å². The summed E-state index contributed by atoms with van der Waals surface area (Å²) >= 11 is 0. The second-order valence-corrected chi connectivity index (χ2v) is 1.87. The second-order valence-electron chi connectivity index (χ2n) is 1.87. The van der Waals surface area contributed by atoms with Gasteiger partial charge in [-0.3, -0.25) is 4.98 Å². The molecule has 0 aliphatic carbocycles. The van der Waals surface area contributed by atoms with E-state index in [4.69, 9.17) is 0 Å². The van der Waals surface area contributed by atoms with E-state index in [1.54, 1.807) is 6.20 Å². The summed E-state index contributed by atoms with van der Waals surface area (Å²) in [7, 11) is 0. The van der Waals surface area contributed by atoms with Crippen LogP contribution in [0.5, 0.6) is 0 Å². The van der Waals surface area contributed by atoms with E-state index in [0.717, 1.165) is 11.3 Å². The average Bonchev–Trinajstić information content (AvgIpc) is 1.64. The fourth-order valence-corrected chi connectivity index (χ4v) is 0.628. The molecule has 0 aromatic carbocycles. The van der Waals surface area contributed by atoms with Crippen molar-refractivity contribution in [1.29, 1.82) is 0 Å². The van der Waals surface area contributed by atoms with Crippen LogP contribution >= 0.6 is 0 Å². The minimum absolute atomic E-state index is 1.06. The monoisotopic (exact) mass is 106 g/mol. The maximum absolute atomic E-state index is 3.98. The molecule has 41 valence electrons. The maximum Gasteiger partial charge on any atom is 0.0375 e. The normalized spacial score (nSPS) is 9.25. The van der Waals surface area contributed by atoms with Crippen LogP contribution in [0.4, 0.5) is 0 Å². The predicted octanol–water partition coefficient (Wildman–Crippen LogP) is 1.50. The van der Waals surface area contributed by atoms with Gasteiger partial charge in [0.15, 0.2) is 0 Å². The first-order valence-electron chi connectivity index (χ1n) is 2.60. The van der Waals surface area contributed by atoms with Crippen LogP contribution in [0.1, 0.15) is 11.3 Å². The summed E-state index contributed by atoms with van der Waals surface area (Å²) in [4.78, 5) is 3.98. The zero-order valence-electron chi connectivity index (χ0n) is 5.10. The first-order chi connectivity index (χ1) is 3.79. The average molecular weight is 106 g/mol. The van der Waals surface area contributed by atoms with Crippen LogP contribution in [0.3, 0.4) is 0 Å². The summed E-state index contributed by atoms with van der Waals surface area (Å²) in [6.07, 6.45) is 1.70. The molecule has 0 atom stereocenters. The molecule has 1 aromatic heterocycles. The molecule has 8 heavy (non-hydrogen) atoms. The molecule has 1 radical (unpaired) electrons. The molecular formula is C7H8N. The van der Waals surface area contributed by atoms with Gasteiger partial charge < -0.3 is 0 Å². The number of hydrogen-bond acceptors (Lipinski definition) is 1. The van der Waals surface area contributed by atoms with E-state index >= 15 is 0 Å². The Kier molecular flexibility index (Phi) is 1.29. The fourth-order valence-electron chi connectivity index (χ4n) is 0.628. The molecular weight excluding hydrogens is 98.1 g/mol. The molecule has 0 aliphatic heterocycles. The Morgan fingerprint density at radius 3 is 2.62 bits per heavy atom. The van der Waals surface area contributed by atoms with Gasteiger partial charge in [0.25, 0.3) is 0 Å². The van der Waals surface area contributed by atoms with E-state index in [0.29, 0.717) is 0 Å². The molecule has 1 heterocycles. The third kappa shape index (κ3) is 1.06. The van der Waals surface area contributed by atoms with Gasteiger partial charge in [0.05, 0.1) is 0 Å². The van der Waals surface area contributed by atoms with Gasteiger partial charge in [0, 0.05) is 18.0 Å². The molecule has 0 aliphatic rings. The lowest BCUT2D eigenvalue weighted by Gasteiger charge is -1.89. The Bertz CT molecular complexity index is 164. The number of aromatic nitrogens is 1. The number of nitrogens with zero attached hydrogens (tertiary/aromatic N) is 1. The van der Waals surface area contributed by atoms with Gasteiger partial charge in [-0.2, -0.15) is 0 Å². The van der Waals surface area contributed by atoms with Crippen molar-refractivity contribution >= 4 is 0 Å². The highest BCUT2D eigenvalue weighted by Crippen LogP contribution is 1.94. The van der Waals surface area contributed by atoms with E-state index in [2.05, 4.69) is 11.1 Å². The minimum atomic E-state index is 1.06. The van der Waals surface area contributed by atoms with Crippen LogP contribution in [0, 0.1) is 19.9 Å². The molecule has 0 amide bonds. The SMILES string of the molecule is Cc1[c]cnc(C)c1. The molecule has 0 fully saturated rings. The molecule has 1 heteroatoms. The van der Waals surface area contributed by atoms with Gasteiger partial charge in [-0.05, 0) is 25.5 Å². The Balaban J connectivity index is 3.08. The highest BCUT2D eigenvalue weighted by Gasteiger charge is 1.82. The predicted molar refractivity (Wildman–Crippen MR) is 32.5 cm³/mol. The van der Waals surface area contributed by atoms with Crippen LogP contribution < -0.4 is 0 Å². The van der Waals surface area contributed by atoms with Crippen molar-refractivity contribution in [3.63, 3.8) is 0 Å². The maximum atomic E-state index is 3.98. The Morgan fingerprint density at radius 2 is 2.25 bits per heavy atom. The molecule has 0 N–H and O–H groups in total. The van der Waals surface area contributed by atoms with Crippen molar-refractivity contribution < 1.29 is 0 Å². The van der Waals surface area contributed by atoms with Crippen LogP contribution in [0.25, 0.3) is 0 Å². The van der Waals surface area contributed by atoms with Gasteiger partial charge >= 0.3 is 0 Å². The number of rotatable bonds is 0. The van der Waals surface area contributed by atoms with Gasteiger partial charge in [-0.1, -0.05) is 0 Å². The third-order valence-electron chi connectivity index (χ3n) is 0.986. The standard InChI is InChI=1S/C7H8N/c1-6-3-4-8-7(2)5-6/h4-5H,1-2H3. The third-order valence-corrected chi connectivity index (χ3v) is 0.986. The fraction of sp³-hybridized carbons (Fsp3) is 0.286. The van der Waals surface area contributed by atoms with Crippen molar-refractivity contribution in [3.8, 4) is 0 Å². The van der Waals surface area contributed by atoms with Gasteiger partial charge in [0.2, 0.25) is 0 Å². The summed E-state index contributed by atoms with van der Waals surface area (Å²) in [5.74, 6) is 0. The molecule has 0 bridgehead atoms. The molecule has 0 spiro atoms. The molecule has 1 aromatic rings. The van der Waals surface area contributed by atoms with Crippen molar-refractivity contribution in [2.75, 3.05) is 0 Å². The summed E-state index contributed by atoms with van der Waals surface area (Å²) in [6.45, 7) is 3.98. The summed E-state index contributed by atoms with van der Waals surface area (Å²) in [5, 5.41) is 0. The van der Waals surface area contributed by atoms with E-state index in [1.807, 2.05) is 19.9 Å². The van der Waals surface area contributed by atoms with Crippen molar-refractivity contribution in [3.05, 3.63) is 29.6 Å². The largest absolute Gasteiger partial charge is 0.261 e. The quantitative estimate of drug-likeness (QED) is 0.488. The smallest absolute Gasteiger partial charge is 0.0375 e. The topological polar surface area (TPSA) is 12.9 Å². The summed E-state index contributed by atoms with van der Waals surface area (Å²) in [6, 6.07) is 4.96. The minimum Gasteiger partial charge on any atom is -0.261 e. The Hall–Kier alpha value is -0.850. The summed E-state index contributed by atoms with van der Waals surface area (Å²) < 4.78 is 0. The molecule has 0 unspecified atom stereocenters. The van der Waals surface area contributed by atoms with Crippen LogP contribution in [-0.2, 0) is 0 Å². The van der Waals surface area contributed by atoms with E-state index < -0.39 is 0 Å². The highest BCUT2D eigenvalue weighted by molar-refractivity contribution is 5.11. The Labute approximate surface area is 49.4 Å². The molecule has 0 saturated carbocycles. The van der Waals surface area contributed by atoms with E-state index in [1.165, 1.54) is 0 Å². The van der Waals surface area contributed by atoms with Crippen molar-refractivity contribution in [2.24, 2.45) is 0 Å². The molecule has 1 nitrogen and oxygen atoms in total. The molecule has 1 rings (SSSR count). The van der Waals surface area contributed by atoms with Crippen LogP contribution in [-0.4, -0.2) is 4.98 Å². The highest BCUT2D eigenvalue weighted by atomic mass is 14.6. The van der Waals surface area contributed by atoms with E-state index in [9.17, 15) is 0 Å². The van der Waals surface area contributed by atoms with Crippen LogP contribution in [0.2, 0.25) is 0 Å². The summed E-state index contributed by atoms with van der Waals surface area (Å²) in [5.41, 5.74) is 2.21. The lowest BCUT2D eigenvalue weighted by atomic mass is 10.3. The second kappa shape index (κ2) is 1.95. The van der Waals surface area contributed by atoms with Crippen molar-refractivity contribution in [2.45, 2.75) is 13.8 Å². The van der Waals surface area contributed by atoms with Crippen LogP contribution in [0.15, 0.2) is 12.3 Å². The Morgan fingerprint density at radius 1 is 1.50 bits per heavy atom. The van der Waals surface area contributed by atoms with Gasteiger partial charge in [-0.25, -0.2) is 0 Å². The zero-order chi connectivity index (χ0) is 5.98. The van der Waals surface area contributed by atoms with Crippen molar-refractivity contribution in [1.82, 2.24) is 4.98 Å². The molecule has 0 saturated heterocycles. The first-order valence-corrected chi connectivity index (χ1v) is 2.60. The lowest BCUT2D eigenvalue weighted by Crippen LogP contribution is -1.79. The zero-order valence-corrected chi connectivity index (χ0v) is 5.10. The first kappa shape index (κ1) is 5.29. The van der Waals surface area contributed by atoms with Gasteiger partial charge in [-0.15, -0.1) is 0 Å². The number of aryl methyl sites for hydroxylation is 2. The van der Waals surface area contributed by atoms with Gasteiger partial charge in [0.1, 0.15) is 0 Å². The lowest BCUT2D eigenvalue weighted by molar-refractivity contribution is 1.17. The number of pyridine rings is 1. The number of hydrogen-bond donors (Lipinski definition) is 0.